The zero-order valence-corrected chi connectivity index (χ0v) is 53.8. The Morgan fingerprint density at radius 1 is 0.724 bits per heavy atom. The molecule has 1 aliphatic rings. The number of hydrogen-bond acceptors (Lipinski definition) is 22. The number of nitrogens with zero attached hydrogens (tertiary/aromatic N) is 7. The summed E-state index contributed by atoms with van der Waals surface area (Å²) in [5, 5.41) is 45.0. The molecule has 9 rings (SSSR count). The smallest absolute Gasteiger partial charge is 0.309 e. The molecule has 8 heterocycles. The summed E-state index contributed by atoms with van der Waals surface area (Å²) in [7, 11) is 2.96. The van der Waals surface area contributed by atoms with Crippen LogP contribution in [0.2, 0.25) is 0 Å². The fraction of sp³-hybridized carbons (Fsp3) is 0.390. The summed E-state index contributed by atoms with van der Waals surface area (Å²) >= 11 is 7.31. The number of hydrogen-bond donors (Lipinski definition) is 7. The molecule has 0 unspecified atom stereocenters. The van der Waals surface area contributed by atoms with Gasteiger partial charge in [0.05, 0.1) is 46.6 Å². The lowest BCUT2D eigenvalue weighted by Gasteiger charge is -2.25. The van der Waals surface area contributed by atoms with E-state index in [4.69, 9.17) is 39.6 Å². The van der Waals surface area contributed by atoms with Gasteiger partial charge in [-0.05, 0) is 57.2 Å². The van der Waals surface area contributed by atoms with Crippen molar-refractivity contribution in [3.63, 3.8) is 0 Å². The number of amides is 5. The topological polar surface area (TPSA) is 320 Å². The van der Waals surface area contributed by atoms with E-state index in [-0.39, 0.29) is 60.0 Å². The van der Waals surface area contributed by atoms with E-state index in [2.05, 4.69) is 26.6 Å². The summed E-state index contributed by atoms with van der Waals surface area (Å²) in [5.74, 6) is -4.07. The third-order valence-electron chi connectivity index (χ3n) is 14.6. The number of thiazole rings is 6. The van der Waals surface area contributed by atoms with Gasteiger partial charge in [-0.1, -0.05) is 64.4 Å². The Kier molecular flexibility index (Phi) is 20.1. The number of carbonyl (C=O) groups excluding carboxylic acids is 6. The third-order valence-corrected chi connectivity index (χ3v) is 20.4. The normalized spacial score (nSPS) is 16.6. The van der Waals surface area contributed by atoms with E-state index in [1.807, 2.05) is 13.8 Å². The molecule has 10 bridgehead atoms. The quantitative estimate of drug-likeness (QED) is 0.0502. The fourth-order valence-corrected chi connectivity index (χ4v) is 14.9. The molecule has 22 nitrogen and oxygen atoms in total. The number of aryl methyl sites for hydroxylation is 1. The highest BCUT2D eigenvalue weighted by Crippen LogP contribution is 2.41. The summed E-state index contributed by atoms with van der Waals surface area (Å²) in [4.78, 5) is 130. The molecular weight excluding hydrogens is 1230 g/mol. The van der Waals surface area contributed by atoms with Crippen molar-refractivity contribution in [2.75, 3.05) is 26.0 Å². The van der Waals surface area contributed by atoms with Crippen LogP contribution in [0, 0.1) is 23.7 Å². The van der Waals surface area contributed by atoms with Gasteiger partial charge < -0.3 is 41.5 Å². The maximum atomic E-state index is 14.4. The van der Waals surface area contributed by atoms with E-state index in [1.54, 1.807) is 98.6 Å². The average Bonchev–Trinajstić information content (AvgIpc) is 1.97. The van der Waals surface area contributed by atoms with E-state index in [9.17, 15) is 43.8 Å². The van der Waals surface area contributed by atoms with Crippen LogP contribution < -0.4 is 26.6 Å². The van der Waals surface area contributed by atoms with E-state index in [0.29, 0.717) is 98.8 Å². The molecule has 456 valence electrons. The highest BCUT2D eigenvalue weighted by atomic mass is 32.1. The Bertz CT molecular complexity index is 3860. The van der Waals surface area contributed by atoms with E-state index < -0.39 is 65.2 Å². The molecule has 7 N–H and O–H groups in total. The predicted octanol–water partition coefficient (Wildman–Crippen LogP) is 10.4. The minimum atomic E-state index is -1.28. The lowest BCUT2D eigenvalue weighted by atomic mass is 9.81. The van der Waals surface area contributed by atoms with E-state index >= 15 is 0 Å². The first-order chi connectivity index (χ1) is 41.4. The van der Waals surface area contributed by atoms with E-state index in [1.165, 1.54) is 82.2 Å². The molecule has 5 amide bonds. The Labute approximate surface area is 525 Å². The molecule has 8 aromatic rings. The molecule has 7 aromatic heterocycles. The van der Waals surface area contributed by atoms with Crippen molar-refractivity contribution in [1.29, 1.82) is 0 Å². The van der Waals surface area contributed by atoms with Gasteiger partial charge in [0.25, 0.3) is 11.8 Å². The lowest BCUT2D eigenvalue weighted by molar-refractivity contribution is -0.147. The minimum absolute atomic E-state index is 0.0267. The Morgan fingerprint density at radius 2 is 1.40 bits per heavy atom. The number of rotatable bonds is 15. The van der Waals surface area contributed by atoms with Crippen molar-refractivity contribution in [2.24, 2.45) is 16.7 Å². The number of aliphatic carboxylic acids is 1. The van der Waals surface area contributed by atoms with Gasteiger partial charge in [-0.25, -0.2) is 34.9 Å². The number of ether oxygens (including phenoxy) is 1. The van der Waals surface area contributed by atoms with Crippen LogP contribution in [0.4, 0.5) is 5.82 Å². The van der Waals surface area contributed by atoms with Crippen molar-refractivity contribution in [3.8, 4) is 43.4 Å². The lowest BCUT2D eigenvalue weighted by Crippen LogP contribution is -2.40. The fourth-order valence-electron chi connectivity index (χ4n) is 9.37. The first-order valence-electron chi connectivity index (χ1n) is 27.6. The zero-order valence-electron chi connectivity index (χ0n) is 48.9. The average molecular weight is 1290 g/mol. The van der Waals surface area contributed by atoms with Crippen LogP contribution in [0.5, 0.6) is 0 Å². The number of anilines is 1. The minimum Gasteiger partial charge on any atom is -0.481 e. The van der Waals surface area contributed by atoms with Crippen molar-refractivity contribution < 1.29 is 48.5 Å². The maximum Gasteiger partial charge on any atom is 0.309 e. The highest BCUT2D eigenvalue weighted by molar-refractivity contribution is 7.15. The van der Waals surface area contributed by atoms with Crippen molar-refractivity contribution in [1.82, 2.24) is 56.2 Å². The number of aromatic nitrogens is 7. The number of fused-ring (bicyclic) bond motifs is 14. The Hall–Kier alpha value is -7.44. The van der Waals surface area contributed by atoms with Gasteiger partial charge in [0.1, 0.15) is 77.2 Å². The van der Waals surface area contributed by atoms with Gasteiger partial charge in [0.15, 0.2) is 5.78 Å². The van der Waals surface area contributed by atoms with Gasteiger partial charge in [0, 0.05) is 63.9 Å². The number of pyridine rings is 1. The standard InChI is InChI=1S/C59H64N12O10S6/c1-28(2)32-20-38(72)43-29(3)86-54(70-43)34(21-41(73)60-8)63-48(76)36-25-82-50(65-36)31-16-17-33(52-67-40(27-85-52)68-56(78)58(4,5)18-13-19-59(6,7)57(79)80)62-44(31)35-24-83-53(64-35)37-26-84-55(66-37)46(47(75)30-14-11-10-12-15-30)69-42(74)22-61-49(77)45-39(23-81-9)87-51(32)71-45/h10-12,14-17,24-28,32,34,46-47,75H,13,18-23H2,1-9H3,(H,60,73)(H,61,77)(H,63,76)(H,68,78)(H,69,74)(H,79,80)/t32-,34+,46+,47+/m1/s1. The van der Waals surface area contributed by atoms with Crippen LogP contribution in [-0.4, -0.2) is 107 Å². The van der Waals surface area contributed by atoms with Crippen LogP contribution in [0.1, 0.15) is 160 Å². The zero-order chi connectivity index (χ0) is 62.5. The summed E-state index contributed by atoms with van der Waals surface area (Å²) in [6.07, 6.45) is -0.152. The second-order valence-corrected chi connectivity index (χ2v) is 28.2. The number of methoxy groups -OCH3 is 1. The van der Waals surface area contributed by atoms with Gasteiger partial charge in [0.2, 0.25) is 17.7 Å². The molecule has 1 aromatic carbocycles. The molecule has 0 radical (unpaired) electrons. The highest BCUT2D eigenvalue weighted by Gasteiger charge is 2.35. The molecule has 28 heteroatoms. The molecule has 1 aliphatic heterocycles. The molecule has 0 aliphatic carbocycles. The number of carbonyl (C=O) groups is 7. The number of nitrogens with one attached hydrogen (secondary N) is 5. The van der Waals surface area contributed by atoms with Crippen LogP contribution in [-0.2, 0) is 30.5 Å². The van der Waals surface area contributed by atoms with E-state index in [0.717, 1.165) is 0 Å². The Balaban J connectivity index is 1.10. The van der Waals surface area contributed by atoms with Gasteiger partial charge in [-0.15, -0.1) is 68.0 Å². The molecule has 0 saturated carbocycles. The number of Topliss-reactive ketones (excluding diaryl/α,β-unsaturated/α-hetero) is 1. The van der Waals surface area contributed by atoms with Gasteiger partial charge in [-0.2, -0.15) is 0 Å². The molecule has 0 saturated heterocycles. The number of benzene rings is 1. The summed E-state index contributed by atoms with van der Waals surface area (Å²) in [6, 6.07) is 10.3. The molecule has 0 fully saturated rings. The molecular formula is C59H64N12O10S6. The van der Waals surface area contributed by atoms with Crippen LogP contribution >= 0.6 is 68.0 Å². The predicted molar refractivity (Wildman–Crippen MR) is 336 cm³/mol. The van der Waals surface area contributed by atoms with Gasteiger partial charge >= 0.3 is 5.97 Å². The second-order valence-electron chi connectivity index (χ2n) is 22.3. The number of aliphatic hydroxyl groups is 1. The first kappa shape index (κ1) is 64.0. The van der Waals surface area contributed by atoms with Crippen LogP contribution in [0.25, 0.3) is 43.4 Å². The maximum absolute atomic E-state index is 14.4. The van der Waals surface area contributed by atoms with Crippen LogP contribution in [0.15, 0.2) is 64.0 Å². The van der Waals surface area contributed by atoms with Crippen LogP contribution in [0.3, 0.4) is 0 Å². The number of carboxylic acid groups (broad SMARTS) is 1. The van der Waals surface area contributed by atoms with Crippen molar-refractivity contribution >= 4 is 115 Å². The first-order valence-corrected chi connectivity index (χ1v) is 32.8. The van der Waals surface area contributed by atoms with Gasteiger partial charge in [-0.3, -0.25) is 33.6 Å². The number of carboxylic acids is 1. The summed E-state index contributed by atoms with van der Waals surface area (Å²) < 4.78 is 5.47. The number of aliphatic hydroxyl groups excluding tert-OH is 1. The Morgan fingerprint density at radius 3 is 2.13 bits per heavy atom. The number of ketones is 1. The molecule has 4 atom stereocenters. The van der Waals surface area contributed by atoms with Crippen molar-refractivity contribution in [3.05, 3.63) is 111 Å². The summed E-state index contributed by atoms with van der Waals surface area (Å²) in [5.41, 5.74) is 1.11. The third kappa shape index (κ3) is 14.9. The largest absolute Gasteiger partial charge is 0.481 e. The monoisotopic (exact) mass is 1290 g/mol. The molecule has 87 heavy (non-hydrogen) atoms. The molecule has 0 spiro atoms. The second kappa shape index (κ2) is 27.3. The summed E-state index contributed by atoms with van der Waals surface area (Å²) in [6.45, 7) is 12.1. The van der Waals surface area contributed by atoms with Crippen molar-refractivity contribution in [2.45, 2.75) is 111 Å². The SMILES string of the molecule is CNC(=O)C[C@@H]1NC(=O)c2csc(n2)-c2ccc(-c3nc(NC(=O)C(C)(C)CCCC(C)(C)C(=O)O)cs3)nc2-c2csc(n2)-c2csc(n2)[C@H]([C@@H](O)c2ccccc2)NC(=O)CNC(=O)c2nc(sc2COC)[C@@H](C(C)C)CC(=O)c2nc1sc2C.